The third kappa shape index (κ3) is 8.08. The minimum absolute atomic E-state index is 0.422. The number of rotatable bonds is 11. The second-order valence-electron chi connectivity index (χ2n) is 9.01. The number of methoxy groups -OCH3 is 1. The number of hydrogen-bond acceptors (Lipinski definition) is 6. The highest BCUT2D eigenvalue weighted by Gasteiger charge is 2.48. The molecule has 1 aliphatic heterocycles. The molecular weight excluding hydrogens is 477 g/mol. The molecule has 14 heteroatoms. The van der Waals surface area contributed by atoms with E-state index in [4.69, 9.17) is 4.74 Å². The van der Waals surface area contributed by atoms with Crippen LogP contribution in [0.3, 0.4) is 0 Å². The van der Waals surface area contributed by atoms with Crippen molar-refractivity contribution in [3.8, 4) is 0 Å². The van der Waals surface area contributed by atoms with Crippen molar-refractivity contribution in [1.82, 2.24) is 20.4 Å². The molecule has 0 aromatic rings. The number of nitrogens with one attached hydrogen (secondary N) is 2. The Morgan fingerprint density at radius 2 is 1.66 bits per heavy atom. The smallest absolute Gasteiger partial charge is 0.471 e. The van der Waals surface area contributed by atoms with E-state index in [2.05, 4.69) is 5.32 Å². The Bertz CT molecular complexity index is 815. The van der Waals surface area contributed by atoms with E-state index in [1.54, 1.807) is 19.2 Å². The molecule has 200 valence electrons. The highest BCUT2D eigenvalue weighted by Crippen LogP contribution is 2.21. The molecule has 1 unspecified atom stereocenters. The van der Waals surface area contributed by atoms with Gasteiger partial charge < -0.3 is 30.3 Å². The number of hydrogen-bond donors (Lipinski definition) is 3. The third-order valence-corrected chi connectivity index (χ3v) is 5.60. The summed E-state index contributed by atoms with van der Waals surface area (Å²) in [5.41, 5.74) is -2.17. The molecule has 0 saturated carbocycles. The van der Waals surface area contributed by atoms with Crippen LogP contribution in [0.5, 0.6) is 0 Å². The van der Waals surface area contributed by atoms with Crippen molar-refractivity contribution in [3.63, 3.8) is 0 Å². The van der Waals surface area contributed by atoms with Crippen LogP contribution in [0, 0.1) is 5.92 Å². The van der Waals surface area contributed by atoms with Crippen LogP contribution in [-0.4, -0.2) is 102 Å². The molecule has 0 aliphatic carbocycles. The maximum atomic E-state index is 13.2. The van der Waals surface area contributed by atoms with Crippen molar-refractivity contribution in [3.05, 3.63) is 0 Å². The van der Waals surface area contributed by atoms with Crippen LogP contribution in [-0.2, 0) is 28.7 Å². The van der Waals surface area contributed by atoms with Crippen LogP contribution < -0.4 is 10.6 Å². The van der Waals surface area contributed by atoms with E-state index in [1.165, 1.54) is 4.90 Å². The summed E-state index contributed by atoms with van der Waals surface area (Å²) in [6, 6.07) is -2.69. The van der Waals surface area contributed by atoms with Crippen LogP contribution in [0.1, 0.15) is 40.0 Å². The molecule has 11 nitrogen and oxygen atoms in total. The summed E-state index contributed by atoms with van der Waals surface area (Å²) in [6.07, 6.45) is -4.46. The van der Waals surface area contributed by atoms with Gasteiger partial charge in [-0.3, -0.25) is 24.0 Å². The minimum atomic E-state index is -5.26. The number of carbonyl (C=O) groups is 5. The first-order valence-corrected chi connectivity index (χ1v) is 11.0. The number of ether oxygens (including phenoxy) is 1. The van der Waals surface area contributed by atoms with E-state index in [0.717, 1.165) is 38.8 Å². The molecule has 4 amide bonds. The summed E-state index contributed by atoms with van der Waals surface area (Å²) in [5.74, 6) is -6.76. The first kappa shape index (κ1) is 30.1. The second-order valence-corrected chi connectivity index (χ2v) is 9.01. The Balaban J connectivity index is 3.18. The Hall–Kier alpha value is -2.90. The van der Waals surface area contributed by atoms with Crippen molar-refractivity contribution in [2.45, 2.75) is 63.8 Å². The van der Waals surface area contributed by atoms with Crippen molar-refractivity contribution in [1.29, 1.82) is 0 Å². The molecular formula is C21H33F3N4O7. The topological polar surface area (TPSA) is 145 Å². The van der Waals surface area contributed by atoms with Gasteiger partial charge in [0.05, 0.1) is 13.0 Å². The standard InChI is InChI=1S/C21H33F3N4O7/c1-12(2)15(16(31)25-13(10-14(29)30)17(32)28-8-6-7-9-28)27(4)19(34)20(3,11-35-5)26-18(33)21(22,23)24/h12-13,15H,6-11H2,1-5H3,(H,25,31)(H,26,33)(H,29,30)/t13-,15?,20-/m0/s1. The van der Waals surface area contributed by atoms with Crippen LogP contribution in [0.2, 0.25) is 0 Å². The zero-order chi connectivity index (χ0) is 27.1. The van der Waals surface area contributed by atoms with Crippen LogP contribution in [0.15, 0.2) is 0 Å². The molecule has 1 fully saturated rings. The maximum Gasteiger partial charge on any atom is 0.471 e. The van der Waals surface area contributed by atoms with Gasteiger partial charge in [-0.2, -0.15) is 13.2 Å². The lowest BCUT2D eigenvalue weighted by atomic mass is 9.96. The minimum Gasteiger partial charge on any atom is -0.481 e. The molecule has 0 radical (unpaired) electrons. The second kappa shape index (κ2) is 12.2. The van der Waals surface area contributed by atoms with E-state index in [9.17, 15) is 42.3 Å². The fourth-order valence-electron chi connectivity index (χ4n) is 3.99. The van der Waals surface area contributed by atoms with Gasteiger partial charge >= 0.3 is 18.1 Å². The molecule has 0 spiro atoms. The van der Waals surface area contributed by atoms with Crippen molar-refractivity contribution in [2.24, 2.45) is 5.92 Å². The number of alkyl halides is 3. The summed E-state index contributed by atoms with van der Waals surface area (Å²) in [4.78, 5) is 64.2. The zero-order valence-electron chi connectivity index (χ0n) is 20.4. The summed E-state index contributed by atoms with van der Waals surface area (Å²) in [6.45, 7) is 4.36. The monoisotopic (exact) mass is 510 g/mol. The van der Waals surface area contributed by atoms with Gasteiger partial charge in [0.2, 0.25) is 11.8 Å². The van der Waals surface area contributed by atoms with Crippen molar-refractivity contribution < 1.29 is 47.0 Å². The van der Waals surface area contributed by atoms with Gasteiger partial charge in [0.25, 0.3) is 5.91 Å². The van der Waals surface area contributed by atoms with Gasteiger partial charge in [0.15, 0.2) is 0 Å². The van der Waals surface area contributed by atoms with Gasteiger partial charge in [-0.25, -0.2) is 0 Å². The third-order valence-electron chi connectivity index (χ3n) is 5.60. The lowest BCUT2D eigenvalue weighted by Crippen LogP contribution is -2.65. The molecule has 1 heterocycles. The lowest BCUT2D eigenvalue weighted by Gasteiger charge is -2.38. The normalized spacial score (nSPS) is 17.3. The van der Waals surface area contributed by atoms with Gasteiger partial charge in [0.1, 0.15) is 17.6 Å². The van der Waals surface area contributed by atoms with Crippen LogP contribution in [0.4, 0.5) is 13.2 Å². The predicted molar refractivity (Wildman–Crippen MR) is 116 cm³/mol. The van der Waals surface area contributed by atoms with Gasteiger partial charge in [-0.1, -0.05) is 13.8 Å². The van der Waals surface area contributed by atoms with E-state index in [1.807, 2.05) is 0 Å². The van der Waals surface area contributed by atoms with E-state index < -0.39 is 72.3 Å². The molecule has 3 N–H and O–H groups in total. The lowest BCUT2D eigenvalue weighted by molar-refractivity contribution is -0.177. The number of carboxylic acids is 1. The molecule has 1 rings (SSSR count). The maximum absolute atomic E-state index is 13.2. The summed E-state index contributed by atoms with van der Waals surface area (Å²) in [5, 5.41) is 13.2. The van der Waals surface area contributed by atoms with E-state index in [0.29, 0.717) is 13.1 Å². The molecule has 0 aromatic carbocycles. The largest absolute Gasteiger partial charge is 0.481 e. The summed E-state index contributed by atoms with van der Waals surface area (Å²) in [7, 11) is 2.28. The Kier molecular flexibility index (Phi) is 10.5. The SMILES string of the molecule is COC[C@](C)(NC(=O)C(F)(F)F)C(=O)N(C)C(C(=O)N[C@@H](CC(=O)O)C(=O)N1CCCC1)C(C)C. The average molecular weight is 511 g/mol. The Labute approximate surface area is 201 Å². The number of nitrogens with zero attached hydrogens (tertiary/aromatic N) is 2. The van der Waals surface area contributed by atoms with Gasteiger partial charge in [-0.15, -0.1) is 0 Å². The molecule has 3 atom stereocenters. The highest BCUT2D eigenvalue weighted by atomic mass is 19.4. The Morgan fingerprint density at radius 3 is 2.09 bits per heavy atom. The number of carboxylic acid groups (broad SMARTS) is 1. The molecule has 1 saturated heterocycles. The Morgan fingerprint density at radius 1 is 1.11 bits per heavy atom. The van der Waals surface area contributed by atoms with E-state index >= 15 is 0 Å². The molecule has 0 aromatic heterocycles. The van der Waals surface area contributed by atoms with Crippen LogP contribution >= 0.6 is 0 Å². The first-order valence-electron chi connectivity index (χ1n) is 11.0. The van der Waals surface area contributed by atoms with Gasteiger partial charge in [-0.05, 0) is 25.7 Å². The fraction of sp³-hybridized carbons (Fsp3) is 0.762. The highest BCUT2D eigenvalue weighted by molar-refractivity contribution is 5.97. The molecule has 1 aliphatic rings. The quantitative estimate of drug-likeness (QED) is 0.358. The summed E-state index contributed by atoms with van der Waals surface area (Å²) < 4.78 is 43.3. The fourth-order valence-corrected chi connectivity index (χ4v) is 3.99. The average Bonchev–Trinajstić information content (AvgIpc) is 3.25. The van der Waals surface area contributed by atoms with Crippen LogP contribution in [0.25, 0.3) is 0 Å². The van der Waals surface area contributed by atoms with E-state index in [-0.39, 0.29) is 0 Å². The molecule has 35 heavy (non-hydrogen) atoms. The number of amides is 4. The van der Waals surface area contributed by atoms with Crippen molar-refractivity contribution in [2.75, 3.05) is 33.9 Å². The number of likely N-dealkylation sites (tertiary alicyclic amines) is 1. The zero-order valence-corrected chi connectivity index (χ0v) is 20.4. The first-order chi connectivity index (χ1) is 16.0. The summed E-state index contributed by atoms with van der Waals surface area (Å²) >= 11 is 0. The van der Waals surface area contributed by atoms with Crippen molar-refractivity contribution >= 4 is 29.6 Å². The number of aliphatic carboxylic acids is 1. The van der Waals surface area contributed by atoms with Gasteiger partial charge in [0, 0.05) is 27.2 Å². The number of likely N-dealkylation sites (N-methyl/N-ethyl adjacent to an activating group) is 1. The molecule has 0 bridgehead atoms. The number of carbonyl (C=O) groups excluding carboxylic acids is 4. The number of halogens is 3. The predicted octanol–water partition coefficient (Wildman–Crippen LogP) is 0.135.